The molecule has 0 aliphatic carbocycles. The third kappa shape index (κ3) is 4.97. The number of nitrogens with zero attached hydrogens (tertiary/aromatic N) is 3. The van der Waals surface area contributed by atoms with E-state index in [-0.39, 0.29) is 11.9 Å². The highest BCUT2D eigenvalue weighted by molar-refractivity contribution is 5.94. The van der Waals surface area contributed by atoms with Crippen LogP contribution in [0.25, 0.3) is 0 Å². The third-order valence-corrected chi connectivity index (χ3v) is 5.13. The monoisotopic (exact) mass is 387 g/mol. The van der Waals surface area contributed by atoms with Crippen molar-refractivity contribution in [2.24, 2.45) is 0 Å². The van der Waals surface area contributed by atoms with E-state index in [1.54, 1.807) is 18.5 Å². The Bertz CT molecular complexity index is 932. The van der Waals surface area contributed by atoms with Crippen LogP contribution >= 0.6 is 0 Å². The summed E-state index contributed by atoms with van der Waals surface area (Å²) in [4.78, 5) is 23.4. The summed E-state index contributed by atoms with van der Waals surface area (Å²) in [6.07, 6.45) is 6.04. The normalized spacial score (nSPS) is 16.4. The second-order valence-electron chi connectivity index (χ2n) is 7.13. The predicted octanol–water partition coefficient (Wildman–Crippen LogP) is 2.60. The molecule has 3 heterocycles. The molecule has 6 heteroatoms. The molecule has 4 rings (SSSR count). The van der Waals surface area contributed by atoms with Gasteiger partial charge in [0.1, 0.15) is 5.82 Å². The van der Waals surface area contributed by atoms with Gasteiger partial charge in [-0.05, 0) is 35.7 Å². The highest BCUT2D eigenvalue weighted by Gasteiger charge is 2.22. The first-order chi connectivity index (χ1) is 14.3. The number of benzene rings is 1. The van der Waals surface area contributed by atoms with E-state index in [1.807, 2.05) is 30.5 Å². The number of hydrogen-bond acceptors (Lipinski definition) is 5. The smallest absolute Gasteiger partial charge is 0.251 e. The van der Waals surface area contributed by atoms with Crippen molar-refractivity contribution in [2.75, 3.05) is 31.1 Å². The molecular formula is C23H25N5O. The van der Waals surface area contributed by atoms with Crippen molar-refractivity contribution in [1.82, 2.24) is 20.6 Å². The number of carbonyl (C=O) groups excluding carboxylic acids is 1. The number of pyridine rings is 2. The molecule has 1 fully saturated rings. The van der Waals surface area contributed by atoms with Crippen molar-refractivity contribution in [3.05, 3.63) is 89.9 Å². The summed E-state index contributed by atoms with van der Waals surface area (Å²) in [6, 6.07) is 18.2. The second-order valence-corrected chi connectivity index (χ2v) is 7.13. The lowest BCUT2D eigenvalue weighted by Crippen LogP contribution is -2.46. The van der Waals surface area contributed by atoms with Crippen molar-refractivity contribution < 1.29 is 4.79 Å². The van der Waals surface area contributed by atoms with E-state index in [0.29, 0.717) is 12.1 Å². The quantitative estimate of drug-likeness (QED) is 0.680. The molecule has 148 valence electrons. The largest absolute Gasteiger partial charge is 0.353 e. The Morgan fingerprint density at radius 1 is 1.14 bits per heavy atom. The summed E-state index contributed by atoms with van der Waals surface area (Å²) >= 11 is 0. The molecule has 1 aliphatic heterocycles. The molecule has 2 N–H and O–H groups in total. The van der Waals surface area contributed by atoms with Crippen LogP contribution in [-0.4, -0.2) is 42.1 Å². The van der Waals surface area contributed by atoms with Crippen LogP contribution in [0.4, 0.5) is 5.82 Å². The lowest BCUT2D eigenvalue weighted by Gasteiger charge is -2.34. The van der Waals surface area contributed by atoms with Crippen LogP contribution < -0.4 is 15.5 Å². The van der Waals surface area contributed by atoms with Crippen molar-refractivity contribution in [2.45, 2.75) is 12.5 Å². The van der Waals surface area contributed by atoms with Gasteiger partial charge < -0.3 is 15.5 Å². The molecule has 0 radical (unpaired) electrons. The summed E-state index contributed by atoms with van der Waals surface area (Å²) < 4.78 is 0. The van der Waals surface area contributed by atoms with Crippen LogP contribution in [0.1, 0.15) is 27.5 Å². The number of aromatic nitrogens is 2. The molecule has 6 nitrogen and oxygen atoms in total. The Morgan fingerprint density at radius 2 is 2.03 bits per heavy atom. The van der Waals surface area contributed by atoms with Gasteiger partial charge in [0.15, 0.2) is 0 Å². The number of rotatable bonds is 6. The van der Waals surface area contributed by atoms with E-state index < -0.39 is 0 Å². The number of carbonyl (C=O) groups is 1. The minimum atomic E-state index is -0.0766. The molecular weight excluding hydrogens is 362 g/mol. The summed E-state index contributed by atoms with van der Waals surface area (Å²) in [5.74, 6) is 0.764. The number of nitrogens with one attached hydrogen (secondary N) is 2. The molecule has 0 saturated carbocycles. The van der Waals surface area contributed by atoms with Gasteiger partial charge in [-0.15, -0.1) is 0 Å². The highest BCUT2D eigenvalue weighted by Crippen LogP contribution is 2.21. The number of anilines is 1. The molecule has 0 bridgehead atoms. The van der Waals surface area contributed by atoms with Crippen LogP contribution in [0.15, 0.2) is 73.2 Å². The summed E-state index contributed by atoms with van der Waals surface area (Å²) in [5, 5.41) is 6.55. The zero-order valence-electron chi connectivity index (χ0n) is 16.3. The van der Waals surface area contributed by atoms with Crippen molar-refractivity contribution >= 4 is 11.7 Å². The first-order valence-corrected chi connectivity index (χ1v) is 9.96. The molecule has 1 atom stereocenters. The maximum atomic E-state index is 12.6. The molecule has 0 spiro atoms. The number of hydrogen-bond donors (Lipinski definition) is 2. The topological polar surface area (TPSA) is 70.2 Å². The van der Waals surface area contributed by atoms with Gasteiger partial charge in [0.25, 0.3) is 5.91 Å². The van der Waals surface area contributed by atoms with Crippen LogP contribution in [0, 0.1) is 0 Å². The van der Waals surface area contributed by atoms with E-state index in [1.165, 1.54) is 5.56 Å². The molecule has 3 aromatic rings. The van der Waals surface area contributed by atoms with Crippen molar-refractivity contribution in [3.63, 3.8) is 0 Å². The fourth-order valence-corrected chi connectivity index (χ4v) is 3.57. The Morgan fingerprint density at radius 3 is 2.86 bits per heavy atom. The van der Waals surface area contributed by atoms with Gasteiger partial charge in [0.05, 0.1) is 0 Å². The predicted molar refractivity (Wildman–Crippen MR) is 114 cm³/mol. The molecule has 1 amide bonds. The van der Waals surface area contributed by atoms with Crippen LogP contribution in [0.5, 0.6) is 0 Å². The van der Waals surface area contributed by atoms with E-state index in [4.69, 9.17) is 0 Å². The SMILES string of the molecule is O=C(NCCc1cccnc1)c1ccnc(N2CCN[C@H](c3ccccc3)C2)c1. The molecule has 1 saturated heterocycles. The average molecular weight is 387 g/mol. The summed E-state index contributed by atoms with van der Waals surface area (Å²) in [7, 11) is 0. The van der Waals surface area contributed by atoms with Crippen LogP contribution in [0.3, 0.4) is 0 Å². The zero-order valence-corrected chi connectivity index (χ0v) is 16.3. The minimum Gasteiger partial charge on any atom is -0.353 e. The Labute approximate surface area is 171 Å². The van der Waals surface area contributed by atoms with Gasteiger partial charge in [0, 0.05) is 56.4 Å². The molecule has 29 heavy (non-hydrogen) atoms. The highest BCUT2D eigenvalue weighted by atomic mass is 16.1. The average Bonchev–Trinajstić information content (AvgIpc) is 2.80. The fourth-order valence-electron chi connectivity index (χ4n) is 3.57. The summed E-state index contributed by atoms with van der Waals surface area (Å²) in [6.45, 7) is 3.14. The standard InChI is InChI=1S/C23H25N5O/c29-23(27-11-8-18-5-4-10-24-16-18)20-9-12-26-22(15-20)28-14-13-25-21(17-28)19-6-2-1-3-7-19/h1-7,9-10,12,15-16,21,25H,8,11,13-14,17H2,(H,27,29)/t21-/m0/s1. The third-order valence-electron chi connectivity index (χ3n) is 5.13. The number of amides is 1. The first-order valence-electron chi connectivity index (χ1n) is 9.96. The van der Waals surface area contributed by atoms with E-state index in [9.17, 15) is 4.79 Å². The fraction of sp³-hybridized carbons (Fsp3) is 0.261. The lowest BCUT2D eigenvalue weighted by molar-refractivity contribution is 0.0954. The molecule has 1 aromatic carbocycles. The van der Waals surface area contributed by atoms with Gasteiger partial charge >= 0.3 is 0 Å². The van der Waals surface area contributed by atoms with Crippen LogP contribution in [0.2, 0.25) is 0 Å². The van der Waals surface area contributed by atoms with Gasteiger partial charge in [-0.25, -0.2) is 4.98 Å². The van der Waals surface area contributed by atoms with Crippen molar-refractivity contribution in [1.29, 1.82) is 0 Å². The first kappa shape index (κ1) is 19.1. The Kier molecular flexibility index (Phi) is 6.12. The minimum absolute atomic E-state index is 0.0766. The lowest BCUT2D eigenvalue weighted by atomic mass is 10.0. The zero-order chi connectivity index (χ0) is 19.9. The van der Waals surface area contributed by atoms with Gasteiger partial charge in [-0.2, -0.15) is 0 Å². The summed E-state index contributed by atoms with van der Waals surface area (Å²) in [5.41, 5.74) is 3.01. The second kappa shape index (κ2) is 9.30. The Balaban J connectivity index is 1.38. The number of piperazine rings is 1. The van der Waals surface area contributed by atoms with E-state index >= 15 is 0 Å². The molecule has 0 unspecified atom stereocenters. The van der Waals surface area contributed by atoms with Gasteiger partial charge in [0.2, 0.25) is 0 Å². The maximum Gasteiger partial charge on any atom is 0.251 e. The van der Waals surface area contributed by atoms with Gasteiger partial charge in [-0.3, -0.25) is 9.78 Å². The van der Waals surface area contributed by atoms with E-state index in [2.05, 4.69) is 49.8 Å². The maximum absolute atomic E-state index is 12.6. The van der Waals surface area contributed by atoms with E-state index in [0.717, 1.165) is 37.4 Å². The van der Waals surface area contributed by atoms with Gasteiger partial charge in [-0.1, -0.05) is 36.4 Å². The molecule has 2 aromatic heterocycles. The Hall–Kier alpha value is -3.25. The molecule has 1 aliphatic rings. The van der Waals surface area contributed by atoms with Crippen LogP contribution in [-0.2, 0) is 6.42 Å². The van der Waals surface area contributed by atoms with Crippen molar-refractivity contribution in [3.8, 4) is 0 Å².